The van der Waals surface area contributed by atoms with Gasteiger partial charge in [-0.1, -0.05) is 31.2 Å². The van der Waals surface area contributed by atoms with Gasteiger partial charge in [0, 0.05) is 40.7 Å². The second kappa shape index (κ2) is 7.23. The molecule has 3 aromatic rings. The maximum atomic E-state index is 11.4. The number of benzene rings is 2. The van der Waals surface area contributed by atoms with Crippen LogP contribution < -0.4 is 5.32 Å². The Kier molecular flexibility index (Phi) is 4.85. The van der Waals surface area contributed by atoms with Gasteiger partial charge in [0.25, 0.3) is 5.69 Å². The van der Waals surface area contributed by atoms with Gasteiger partial charge in [-0.3, -0.25) is 14.9 Å². The summed E-state index contributed by atoms with van der Waals surface area (Å²) >= 11 is 1.43. The molecular formula is C18H15N3O3S. The Balaban J connectivity index is 1.83. The van der Waals surface area contributed by atoms with Crippen LogP contribution in [0.25, 0.3) is 21.8 Å². The van der Waals surface area contributed by atoms with E-state index in [0.29, 0.717) is 6.42 Å². The van der Waals surface area contributed by atoms with Crippen molar-refractivity contribution in [2.75, 3.05) is 5.32 Å². The zero-order valence-electron chi connectivity index (χ0n) is 13.4. The van der Waals surface area contributed by atoms with E-state index < -0.39 is 4.92 Å². The first-order valence-corrected chi connectivity index (χ1v) is 8.55. The molecule has 126 valence electrons. The predicted molar refractivity (Wildman–Crippen MR) is 98.6 cm³/mol. The highest BCUT2D eigenvalue weighted by Crippen LogP contribution is 2.31. The van der Waals surface area contributed by atoms with E-state index in [1.165, 1.54) is 23.5 Å². The SMILES string of the molecule is CCC(=O)Nc1ccc(-c2csc(-c3cccc([N+](=O)[O-])c3)n2)cc1. The third-order valence-corrected chi connectivity index (χ3v) is 4.49. The zero-order valence-corrected chi connectivity index (χ0v) is 14.2. The summed E-state index contributed by atoms with van der Waals surface area (Å²) < 4.78 is 0. The second-order valence-electron chi connectivity index (χ2n) is 5.32. The number of non-ortho nitro benzene ring substituents is 1. The third-order valence-electron chi connectivity index (χ3n) is 3.59. The van der Waals surface area contributed by atoms with E-state index in [1.807, 2.05) is 29.6 Å². The molecule has 1 aromatic heterocycles. The molecule has 0 atom stereocenters. The second-order valence-corrected chi connectivity index (χ2v) is 6.18. The van der Waals surface area contributed by atoms with Gasteiger partial charge in [0.2, 0.25) is 5.91 Å². The molecule has 1 heterocycles. The van der Waals surface area contributed by atoms with E-state index in [9.17, 15) is 14.9 Å². The van der Waals surface area contributed by atoms with Gasteiger partial charge in [0.05, 0.1) is 10.6 Å². The zero-order chi connectivity index (χ0) is 17.8. The van der Waals surface area contributed by atoms with Gasteiger partial charge in [-0.25, -0.2) is 4.98 Å². The molecule has 6 nitrogen and oxygen atoms in total. The summed E-state index contributed by atoms with van der Waals surface area (Å²) in [5.41, 5.74) is 3.22. The van der Waals surface area contributed by atoms with E-state index >= 15 is 0 Å². The number of hydrogen-bond donors (Lipinski definition) is 1. The molecule has 0 saturated carbocycles. The highest BCUT2D eigenvalue weighted by atomic mass is 32.1. The third kappa shape index (κ3) is 3.89. The largest absolute Gasteiger partial charge is 0.326 e. The standard InChI is InChI=1S/C18H15N3O3S/c1-2-17(22)19-14-8-6-12(7-9-14)16-11-25-18(20-16)13-4-3-5-15(10-13)21(23)24/h3-11H,2H2,1H3,(H,19,22). The molecule has 0 spiro atoms. The molecule has 2 aromatic carbocycles. The minimum Gasteiger partial charge on any atom is -0.326 e. The fraction of sp³-hybridized carbons (Fsp3) is 0.111. The fourth-order valence-corrected chi connectivity index (χ4v) is 3.09. The van der Waals surface area contributed by atoms with Crippen LogP contribution in [0, 0.1) is 10.1 Å². The molecule has 0 aliphatic carbocycles. The molecular weight excluding hydrogens is 338 g/mol. The smallest absolute Gasteiger partial charge is 0.270 e. The van der Waals surface area contributed by atoms with Crippen LogP contribution in [0.15, 0.2) is 53.9 Å². The summed E-state index contributed by atoms with van der Waals surface area (Å²) in [6.45, 7) is 1.80. The van der Waals surface area contributed by atoms with Crippen LogP contribution in [0.1, 0.15) is 13.3 Å². The van der Waals surface area contributed by atoms with E-state index in [4.69, 9.17) is 0 Å². The number of nitrogens with one attached hydrogen (secondary N) is 1. The van der Waals surface area contributed by atoms with Gasteiger partial charge in [-0.15, -0.1) is 11.3 Å². The number of anilines is 1. The summed E-state index contributed by atoms with van der Waals surface area (Å²) in [6.07, 6.45) is 0.431. The summed E-state index contributed by atoms with van der Waals surface area (Å²) in [7, 11) is 0. The van der Waals surface area contributed by atoms with Crippen LogP contribution in [0.5, 0.6) is 0 Å². The lowest BCUT2D eigenvalue weighted by Crippen LogP contribution is -2.08. The van der Waals surface area contributed by atoms with Gasteiger partial charge >= 0.3 is 0 Å². The lowest BCUT2D eigenvalue weighted by atomic mass is 10.1. The number of nitrogens with zero attached hydrogens (tertiary/aromatic N) is 2. The summed E-state index contributed by atoms with van der Waals surface area (Å²) in [4.78, 5) is 26.5. The lowest BCUT2D eigenvalue weighted by molar-refractivity contribution is -0.384. The van der Waals surface area contributed by atoms with E-state index in [2.05, 4.69) is 10.3 Å². The van der Waals surface area contributed by atoms with Crippen LogP contribution in [0.4, 0.5) is 11.4 Å². The molecule has 0 saturated heterocycles. The molecule has 1 N–H and O–H groups in total. The van der Waals surface area contributed by atoms with Crippen molar-refractivity contribution in [2.45, 2.75) is 13.3 Å². The molecule has 0 bridgehead atoms. The Labute approximate surface area is 148 Å². The first kappa shape index (κ1) is 16.8. The van der Waals surface area contributed by atoms with Crippen molar-refractivity contribution >= 4 is 28.6 Å². The Bertz CT molecular complexity index is 919. The highest BCUT2D eigenvalue weighted by Gasteiger charge is 2.11. The number of nitro groups is 1. The number of rotatable bonds is 5. The molecule has 0 unspecified atom stereocenters. The van der Waals surface area contributed by atoms with Crippen molar-refractivity contribution in [1.29, 1.82) is 0 Å². The average Bonchev–Trinajstić information content (AvgIpc) is 3.12. The fourth-order valence-electron chi connectivity index (χ4n) is 2.27. The maximum absolute atomic E-state index is 11.4. The number of hydrogen-bond acceptors (Lipinski definition) is 5. The van der Waals surface area contributed by atoms with Gasteiger partial charge in [-0.05, 0) is 12.1 Å². The quantitative estimate of drug-likeness (QED) is 0.530. The van der Waals surface area contributed by atoms with Crippen molar-refractivity contribution in [1.82, 2.24) is 4.98 Å². The average molecular weight is 353 g/mol. The number of carbonyl (C=O) groups is 1. The number of nitro benzene ring substituents is 1. The normalized spacial score (nSPS) is 10.4. The van der Waals surface area contributed by atoms with Crippen LogP contribution in [0.2, 0.25) is 0 Å². The van der Waals surface area contributed by atoms with Crippen molar-refractivity contribution in [3.8, 4) is 21.8 Å². The molecule has 0 aliphatic rings. The van der Waals surface area contributed by atoms with Crippen molar-refractivity contribution in [2.24, 2.45) is 0 Å². The van der Waals surface area contributed by atoms with Crippen LogP contribution in [-0.4, -0.2) is 15.8 Å². The van der Waals surface area contributed by atoms with Gasteiger partial charge in [0.15, 0.2) is 0 Å². The Morgan fingerprint density at radius 1 is 1.20 bits per heavy atom. The summed E-state index contributed by atoms with van der Waals surface area (Å²) in [6, 6.07) is 13.9. The van der Waals surface area contributed by atoms with Gasteiger partial charge < -0.3 is 5.32 Å². The highest BCUT2D eigenvalue weighted by molar-refractivity contribution is 7.13. The number of amides is 1. The van der Waals surface area contributed by atoms with Gasteiger partial charge in [0.1, 0.15) is 5.01 Å². The van der Waals surface area contributed by atoms with Crippen LogP contribution >= 0.6 is 11.3 Å². The first-order valence-electron chi connectivity index (χ1n) is 7.67. The summed E-state index contributed by atoms with van der Waals surface area (Å²) in [5.74, 6) is -0.0330. The predicted octanol–water partition coefficient (Wildman–Crippen LogP) is 4.73. The molecule has 25 heavy (non-hydrogen) atoms. The Hall–Kier alpha value is -3.06. The van der Waals surface area contributed by atoms with Gasteiger partial charge in [-0.2, -0.15) is 0 Å². The Morgan fingerprint density at radius 3 is 2.64 bits per heavy atom. The summed E-state index contributed by atoms with van der Waals surface area (Å²) in [5, 5.41) is 16.3. The van der Waals surface area contributed by atoms with Crippen molar-refractivity contribution in [3.63, 3.8) is 0 Å². The lowest BCUT2D eigenvalue weighted by Gasteiger charge is -2.04. The number of thiazole rings is 1. The molecule has 0 fully saturated rings. The first-order chi connectivity index (χ1) is 12.1. The minimum atomic E-state index is -0.415. The molecule has 0 aliphatic heterocycles. The number of carbonyl (C=O) groups excluding carboxylic acids is 1. The number of aromatic nitrogens is 1. The van der Waals surface area contributed by atoms with Crippen LogP contribution in [-0.2, 0) is 4.79 Å². The monoisotopic (exact) mass is 353 g/mol. The van der Waals surface area contributed by atoms with Crippen molar-refractivity contribution in [3.05, 3.63) is 64.0 Å². The molecule has 7 heteroatoms. The maximum Gasteiger partial charge on any atom is 0.270 e. The van der Waals surface area contributed by atoms with Crippen LogP contribution in [0.3, 0.4) is 0 Å². The molecule has 0 radical (unpaired) electrons. The van der Waals surface area contributed by atoms with E-state index in [-0.39, 0.29) is 11.6 Å². The minimum absolute atomic E-state index is 0.0330. The Morgan fingerprint density at radius 2 is 1.96 bits per heavy atom. The molecule has 3 rings (SSSR count). The van der Waals surface area contributed by atoms with Crippen molar-refractivity contribution < 1.29 is 9.72 Å². The van der Waals surface area contributed by atoms with E-state index in [1.54, 1.807) is 19.1 Å². The molecule has 1 amide bonds. The topological polar surface area (TPSA) is 85.1 Å². The van der Waals surface area contributed by atoms with E-state index in [0.717, 1.165) is 27.5 Å².